The molecule has 0 fully saturated rings. The first kappa shape index (κ1) is 14.1. The average molecular weight is 286 g/mol. The highest BCUT2D eigenvalue weighted by Crippen LogP contribution is 2.30. The SMILES string of the molecule is CN(CCC(=N)N)c1nccn2nc(C(F)(F)F)cc12. The zero-order chi connectivity index (χ0) is 14.9. The maximum absolute atomic E-state index is 12.7. The smallest absolute Gasteiger partial charge is 0.388 e. The van der Waals surface area contributed by atoms with Gasteiger partial charge in [-0.2, -0.15) is 18.3 Å². The van der Waals surface area contributed by atoms with Crippen molar-refractivity contribution in [2.45, 2.75) is 12.6 Å². The summed E-state index contributed by atoms with van der Waals surface area (Å²) in [6.07, 6.45) is -1.46. The van der Waals surface area contributed by atoms with Gasteiger partial charge in [0.05, 0.1) is 5.84 Å². The van der Waals surface area contributed by atoms with Gasteiger partial charge in [-0.3, -0.25) is 5.41 Å². The van der Waals surface area contributed by atoms with Gasteiger partial charge in [0.15, 0.2) is 11.5 Å². The summed E-state index contributed by atoms with van der Waals surface area (Å²) in [6.45, 7) is 0.383. The fourth-order valence-corrected chi connectivity index (χ4v) is 1.73. The monoisotopic (exact) mass is 286 g/mol. The molecule has 0 amide bonds. The van der Waals surface area contributed by atoms with Gasteiger partial charge in [0.1, 0.15) is 5.52 Å². The van der Waals surface area contributed by atoms with Crippen molar-refractivity contribution in [3.05, 3.63) is 24.2 Å². The molecule has 108 valence electrons. The zero-order valence-electron chi connectivity index (χ0n) is 10.6. The number of rotatable bonds is 4. The second kappa shape index (κ2) is 4.99. The number of aromatic nitrogens is 3. The summed E-state index contributed by atoms with van der Waals surface area (Å²) in [7, 11) is 1.67. The van der Waals surface area contributed by atoms with Gasteiger partial charge in [0.2, 0.25) is 0 Å². The van der Waals surface area contributed by atoms with Crippen molar-refractivity contribution in [1.82, 2.24) is 14.6 Å². The molecular formula is C11H13F3N6. The molecule has 0 aromatic carbocycles. The molecule has 0 saturated heterocycles. The Balaban J connectivity index is 2.38. The minimum atomic E-state index is -4.50. The Bertz CT molecular complexity index is 633. The lowest BCUT2D eigenvalue weighted by atomic mass is 10.3. The predicted octanol–water partition coefficient (Wildman–Crippen LogP) is 1.51. The summed E-state index contributed by atoms with van der Waals surface area (Å²) in [5.74, 6) is 0.366. The van der Waals surface area contributed by atoms with Gasteiger partial charge in [0.25, 0.3) is 0 Å². The molecule has 20 heavy (non-hydrogen) atoms. The van der Waals surface area contributed by atoms with Gasteiger partial charge < -0.3 is 10.6 Å². The van der Waals surface area contributed by atoms with Gasteiger partial charge in [-0.25, -0.2) is 9.50 Å². The van der Waals surface area contributed by atoms with E-state index >= 15 is 0 Å². The van der Waals surface area contributed by atoms with Crippen LogP contribution in [0.2, 0.25) is 0 Å². The number of nitrogens with one attached hydrogen (secondary N) is 1. The molecular weight excluding hydrogens is 273 g/mol. The van der Waals surface area contributed by atoms with Crippen molar-refractivity contribution in [2.24, 2.45) is 5.73 Å². The highest BCUT2D eigenvalue weighted by molar-refractivity contribution is 5.78. The number of anilines is 1. The van der Waals surface area contributed by atoms with Crippen molar-refractivity contribution in [1.29, 1.82) is 5.41 Å². The normalized spacial score (nSPS) is 11.8. The molecule has 9 heteroatoms. The molecule has 0 aliphatic heterocycles. The summed E-state index contributed by atoms with van der Waals surface area (Å²) < 4.78 is 39.1. The van der Waals surface area contributed by atoms with E-state index in [1.165, 1.54) is 12.4 Å². The highest BCUT2D eigenvalue weighted by atomic mass is 19.4. The first-order chi connectivity index (χ1) is 9.29. The number of halogens is 3. The standard InChI is InChI=1S/C11H13F3N6/c1-19(4-2-9(15)16)10-7-6-8(11(12,13)14)18-20(7)5-3-17-10/h3,5-6H,2,4H2,1H3,(H3,15,16). The molecule has 2 aromatic heterocycles. The Morgan fingerprint density at radius 2 is 2.20 bits per heavy atom. The number of amidine groups is 1. The van der Waals surface area contributed by atoms with Crippen molar-refractivity contribution >= 4 is 17.2 Å². The van der Waals surface area contributed by atoms with E-state index < -0.39 is 11.9 Å². The van der Waals surface area contributed by atoms with E-state index in [4.69, 9.17) is 11.1 Å². The topological polar surface area (TPSA) is 83.3 Å². The number of hydrogen-bond donors (Lipinski definition) is 2. The van der Waals surface area contributed by atoms with E-state index in [0.717, 1.165) is 10.6 Å². The first-order valence-corrected chi connectivity index (χ1v) is 5.74. The maximum Gasteiger partial charge on any atom is 0.435 e. The van der Waals surface area contributed by atoms with Crippen LogP contribution in [0.5, 0.6) is 0 Å². The summed E-state index contributed by atoms with van der Waals surface area (Å²) in [6, 6.07) is 0.951. The number of hydrogen-bond acceptors (Lipinski definition) is 4. The zero-order valence-corrected chi connectivity index (χ0v) is 10.6. The van der Waals surface area contributed by atoms with Crippen LogP contribution in [-0.2, 0) is 6.18 Å². The molecule has 0 aliphatic carbocycles. The molecule has 2 aromatic rings. The Labute approximate surface area is 112 Å². The van der Waals surface area contributed by atoms with Crippen molar-refractivity contribution in [3.8, 4) is 0 Å². The number of nitrogens with two attached hydrogens (primary N) is 1. The number of alkyl halides is 3. The summed E-state index contributed by atoms with van der Waals surface area (Å²) >= 11 is 0. The Morgan fingerprint density at radius 1 is 1.50 bits per heavy atom. The summed E-state index contributed by atoms with van der Waals surface area (Å²) in [4.78, 5) is 5.70. The third-order valence-electron chi connectivity index (χ3n) is 2.74. The second-order valence-electron chi connectivity index (χ2n) is 4.30. The number of fused-ring (bicyclic) bond motifs is 1. The Morgan fingerprint density at radius 3 is 2.80 bits per heavy atom. The van der Waals surface area contributed by atoms with Gasteiger partial charge in [0, 0.05) is 38.5 Å². The third-order valence-corrected chi connectivity index (χ3v) is 2.74. The van der Waals surface area contributed by atoms with Gasteiger partial charge >= 0.3 is 6.18 Å². The molecule has 3 N–H and O–H groups in total. The van der Waals surface area contributed by atoms with Crippen LogP contribution in [0.1, 0.15) is 12.1 Å². The van der Waals surface area contributed by atoms with Crippen molar-refractivity contribution in [3.63, 3.8) is 0 Å². The van der Waals surface area contributed by atoms with E-state index in [-0.39, 0.29) is 11.4 Å². The third kappa shape index (κ3) is 2.81. The molecule has 2 heterocycles. The molecule has 0 radical (unpaired) electrons. The van der Waals surface area contributed by atoms with Crippen LogP contribution in [0.4, 0.5) is 19.0 Å². The highest BCUT2D eigenvalue weighted by Gasteiger charge is 2.34. The minimum Gasteiger partial charge on any atom is -0.388 e. The van der Waals surface area contributed by atoms with Gasteiger partial charge in [-0.05, 0) is 0 Å². The summed E-state index contributed by atoms with van der Waals surface area (Å²) in [5.41, 5.74) is 4.55. The van der Waals surface area contributed by atoms with Crippen LogP contribution < -0.4 is 10.6 Å². The Hall–Kier alpha value is -2.32. The molecule has 6 nitrogen and oxygen atoms in total. The molecule has 0 saturated carbocycles. The fourth-order valence-electron chi connectivity index (χ4n) is 1.73. The van der Waals surface area contributed by atoms with E-state index in [1.807, 2.05) is 0 Å². The molecule has 0 unspecified atom stereocenters. The molecule has 0 atom stereocenters. The lowest BCUT2D eigenvalue weighted by molar-refractivity contribution is -0.141. The van der Waals surface area contributed by atoms with E-state index in [1.54, 1.807) is 11.9 Å². The van der Waals surface area contributed by atoms with Crippen LogP contribution in [0.15, 0.2) is 18.5 Å². The van der Waals surface area contributed by atoms with Crippen LogP contribution in [-0.4, -0.2) is 34.0 Å². The predicted molar refractivity (Wildman–Crippen MR) is 67.8 cm³/mol. The molecule has 0 bridgehead atoms. The van der Waals surface area contributed by atoms with Gasteiger partial charge in [-0.15, -0.1) is 0 Å². The largest absolute Gasteiger partial charge is 0.435 e. The van der Waals surface area contributed by atoms with Crippen molar-refractivity contribution in [2.75, 3.05) is 18.5 Å². The average Bonchev–Trinajstić information content (AvgIpc) is 2.79. The van der Waals surface area contributed by atoms with Gasteiger partial charge in [-0.1, -0.05) is 0 Å². The number of nitrogens with zero attached hydrogens (tertiary/aromatic N) is 4. The van der Waals surface area contributed by atoms with Crippen LogP contribution in [0.3, 0.4) is 0 Å². The molecule has 2 rings (SSSR count). The van der Waals surface area contributed by atoms with E-state index in [9.17, 15) is 13.2 Å². The second-order valence-corrected chi connectivity index (χ2v) is 4.30. The van der Waals surface area contributed by atoms with Crippen LogP contribution in [0, 0.1) is 5.41 Å². The molecule has 0 spiro atoms. The van der Waals surface area contributed by atoms with Crippen LogP contribution in [0.25, 0.3) is 5.52 Å². The van der Waals surface area contributed by atoms with Crippen molar-refractivity contribution < 1.29 is 13.2 Å². The first-order valence-electron chi connectivity index (χ1n) is 5.74. The maximum atomic E-state index is 12.7. The quantitative estimate of drug-likeness (QED) is 0.659. The fraction of sp³-hybridized carbons (Fsp3) is 0.364. The minimum absolute atomic E-state index is 0.00768. The van der Waals surface area contributed by atoms with Crippen LogP contribution >= 0.6 is 0 Å². The van der Waals surface area contributed by atoms with E-state index in [0.29, 0.717) is 18.8 Å². The summed E-state index contributed by atoms with van der Waals surface area (Å²) in [5, 5.41) is 10.6. The van der Waals surface area contributed by atoms with E-state index in [2.05, 4.69) is 10.1 Å². The lowest BCUT2D eigenvalue weighted by Gasteiger charge is -2.18. The Kier molecular flexibility index (Phi) is 3.51. The molecule has 0 aliphatic rings. The lowest BCUT2D eigenvalue weighted by Crippen LogP contribution is -2.25.